The van der Waals surface area contributed by atoms with Gasteiger partial charge in [-0.15, -0.1) is 0 Å². The van der Waals surface area contributed by atoms with Crippen molar-refractivity contribution in [3.63, 3.8) is 0 Å². The van der Waals surface area contributed by atoms with Gasteiger partial charge in [-0.25, -0.2) is 4.98 Å². The van der Waals surface area contributed by atoms with E-state index in [-0.39, 0.29) is 11.8 Å². The summed E-state index contributed by atoms with van der Waals surface area (Å²) < 4.78 is 2.11. The highest BCUT2D eigenvalue weighted by atomic mass is 35.5. The molecule has 7 heteroatoms. The van der Waals surface area contributed by atoms with Gasteiger partial charge in [-0.3, -0.25) is 9.69 Å². The van der Waals surface area contributed by atoms with Crippen LogP contribution in [-0.2, 0) is 24.4 Å². The van der Waals surface area contributed by atoms with Crippen molar-refractivity contribution < 1.29 is 4.79 Å². The van der Waals surface area contributed by atoms with Crippen LogP contribution in [0.3, 0.4) is 0 Å². The van der Waals surface area contributed by atoms with Crippen LogP contribution in [-0.4, -0.2) is 33.4 Å². The Balaban J connectivity index is 1.22. The summed E-state index contributed by atoms with van der Waals surface area (Å²) in [5.41, 5.74) is 3.29. The second kappa shape index (κ2) is 10.5. The third-order valence-corrected chi connectivity index (χ3v) is 6.88. The molecule has 1 aliphatic rings. The van der Waals surface area contributed by atoms with Gasteiger partial charge >= 0.3 is 0 Å². The van der Waals surface area contributed by atoms with E-state index in [1.807, 2.05) is 37.5 Å². The lowest BCUT2D eigenvalue weighted by Crippen LogP contribution is -2.40. The van der Waals surface area contributed by atoms with Crippen molar-refractivity contribution in [2.45, 2.75) is 39.4 Å². The molecule has 1 saturated heterocycles. The molecule has 0 saturated carbocycles. The predicted molar refractivity (Wildman–Crippen MR) is 129 cm³/mol. The van der Waals surface area contributed by atoms with Gasteiger partial charge in [0.2, 0.25) is 5.91 Å². The lowest BCUT2D eigenvalue weighted by atomic mass is 9.95. The highest BCUT2D eigenvalue weighted by Crippen LogP contribution is 2.27. The van der Waals surface area contributed by atoms with Crippen LogP contribution in [0.5, 0.6) is 0 Å². The Morgan fingerprint density at radius 1 is 1.03 bits per heavy atom. The molecule has 32 heavy (non-hydrogen) atoms. The largest absolute Gasteiger partial charge is 0.352 e. The molecule has 168 valence electrons. The first-order valence-corrected chi connectivity index (χ1v) is 11.7. The molecule has 0 unspecified atom stereocenters. The van der Waals surface area contributed by atoms with Gasteiger partial charge in [0.05, 0.1) is 0 Å². The fourth-order valence-corrected chi connectivity index (χ4v) is 4.64. The van der Waals surface area contributed by atoms with Crippen molar-refractivity contribution in [3.8, 4) is 0 Å². The van der Waals surface area contributed by atoms with Crippen LogP contribution < -0.4 is 5.32 Å². The van der Waals surface area contributed by atoms with Crippen molar-refractivity contribution in [2.75, 3.05) is 13.1 Å². The molecule has 1 aromatic heterocycles. The molecule has 1 fully saturated rings. The van der Waals surface area contributed by atoms with Crippen molar-refractivity contribution in [1.29, 1.82) is 0 Å². The predicted octanol–water partition coefficient (Wildman–Crippen LogP) is 5.08. The lowest BCUT2D eigenvalue weighted by Gasteiger charge is -2.31. The Bertz CT molecular complexity index is 1040. The van der Waals surface area contributed by atoms with Gasteiger partial charge in [0.1, 0.15) is 5.82 Å². The average molecular weight is 471 g/mol. The van der Waals surface area contributed by atoms with Gasteiger partial charge in [0.25, 0.3) is 0 Å². The van der Waals surface area contributed by atoms with E-state index in [0.717, 1.165) is 56.0 Å². The van der Waals surface area contributed by atoms with E-state index in [2.05, 4.69) is 44.0 Å². The van der Waals surface area contributed by atoms with Crippen LogP contribution in [0, 0.1) is 12.8 Å². The average Bonchev–Trinajstić information content (AvgIpc) is 3.20. The minimum absolute atomic E-state index is 0.0523. The molecule has 1 aliphatic heterocycles. The van der Waals surface area contributed by atoms with Crippen molar-refractivity contribution in [3.05, 3.63) is 87.4 Å². The minimum atomic E-state index is 0.0523. The minimum Gasteiger partial charge on any atom is -0.352 e. The highest BCUT2D eigenvalue weighted by Gasteiger charge is 2.25. The molecular weight excluding hydrogens is 443 g/mol. The molecule has 0 atom stereocenters. The Labute approximate surface area is 199 Å². The number of amides is 1. The molecule has 3 aromatic rings. The van der Waals surface area contributed by atoms with Crippen LogP contribution >= 0.6 is 23.2 Å². The summed E-state index contributed by atoms with van der Waals surface area (Å²) in [6, 6.07) is 14.0. The fraction of sp³-hybridized carbons (Fsp3) is 0.360. The Morgan fingerprint density at radius 2 is 1.69 bits per heavy atom. The maximum Gasteiger partial charge on any atom is 0.223 e. The third kappa shape index (κ3) is 5.71. The first kappa shape index (κ1) is 22.8. The maximum atomic E-state index is 12.7. The Kier molecular flexibility index (Phi) is 7.51. The molecule has 0 radical (unpaired) electrons. The molecule has 5 nitrogen and oxygen atoms in total. The van der Waals surface area contributed by atoms with Crippen LogP contribution in [0.4, 0.5) is 0 Å². The first-order valence-electron chi connectivity index (χ1n) is 11.0. The summed E-state index contributed by atoms with van der Waals surface area (Å²) >= 11 is 12.6. The number of nitrogens with zero attached hydrogens (tertiary/aromatic N) is 3. The number of hydrogen-bond donors (Lipinski definition) is 1. The summed E-state index contributed by atoms with van der Waals surface area (Å²) in [5.74, 6) is 1.19. The smallest absolute Gasteiger partial charge is 0.223 e. The SMILES string of the molecule is Cc1nccn1Cc1ccc(CNC(=O)C2CCN(Cc3c(Cl)cccc3Cl)CC2)cc1. The van der Waals surface area contributed by atoms with E-state index >= 15 is 0 Å². The summed E-state index contributed by atoms with van der Waals surface area (Å²) in [6.07, 6.45) is 5.49. The number of piperidine rings is 1. The van der Waals surface area contributed by atoms with Crippen molar-refractivity contribution >= 4 is 29.1 Å². The van der Waals surface area contributed by atoms with Gasteiger partial charge in [0, 0.05) is 53.6 Å². The number of aryl methyl sites for hydroxylation is 1. The monoisotopic (exact) mass is 470 g/mol. The van der Waals surface area contributed by atoms with Crippen LogP contribution in [0.15, 0.2) is 54.9 Å². The van der Waals surface area contributed by atoms with Gasteiger partial charge in [0.15, 0.2) is 0 Å². The molecule has 4 rings (SSSR count). The zero-order valence-corrected chi connectivity index (χ0v) is 19.7. The van der Waals surface area contributed by atoms with E-state index in [1.54, 1.807) is 0 Å². The maximum absolute atomic E-state index is 12.7. The number of nitrogens with one attached hydrogen (secondary N) is 1. The number of imidazole rings is 1. The Hall–Kier alpha value is -2.34. The summed E-state index contributed by atoms with van der Waals surface area (Å²) in [7, 11) is 0. The highest BCUT2D eigenvalue weighted by molar-refractivity contribution is 6.35. The molecule has 0 aliphatic carbocycles. The van der Waals surface area contributed by atoms with Gasteiger partial charge in [-0.05, 0) is 56.1 Å². The quantitative estimate of drug-likeness (QED) is 0.523. The number of rotatable bonds is 7. The summed E-state index contributed by atoms with van der Waals surface area (Å²) in [6.45, 7) is 5.80. The second-order valence-corrected chi connectivity index (χ2v) is 9.20. The number of likely N-dealkylation sites (tertiary alicyclic amines) is 1. The van der Waals surface area contributed by atoms with Gasteiger partial charge in [-0.1, -0.05) is 53.5 Å². The zero-order chi connectivity index (χ0) is 22.5. The lowest BCUT2D eigenvalue weighted by molar-refractivity contribution is -0.126. The molecule has 1 amide bonds. The molecule has 2 heterocycles. The number of carbonyl (C=O) groups is 1. The molecule has 1 N–H and O–H groups in total. The van der Waals surface area contributed by atoms with E-state index in [9.17, 15) is 4.79 Å². The van der Waals surface area contributed by atoms with Crippen LogP contribution in [0.25, 0.3) is 0 Å². The molecular formula is C25H28Cl2N4O. The van der Waals surface area contributed by atoms with Crippen LogP contribution in [0.1, 0.15) is 35.4 Å². The number of hydrogen-bond acceptors (Lipinski definition) is 3. The standard InChI is InChI=1S/C25H28Cl2N4O/c1-18-28-11-14-31(18)16-20-7-5-19(6-8-20)15-29-25(32)21-9-12-30(13-10-21)17-22-23(26)3-2-4-24(22)27/h2-8,11,14,21H,9-10,12-13,15-17H2,1H3,(H,29,32). The number of benzene rings is 2. The number of carbonyl (C=O) groups excluding carboxylic acids is 1. The second-order valence-electron chi connectivity index (χ2n) is 8.39. The first-order chi connectivity index (χ1) is 15.5. The molecule has 0 spiro atoms. The normalized spacial score (nSPS) is 15.1. The summed E-state index contributed by atoms with van der Waals surface area (Å²) in [4.78, 5) is 19.3. The third-order valence-electron chi connectivity index (χ3n) is 6.17. The molecule has 0 bridgehead atoms. The van der Waals surface area contributed by atoms with Gasteiger partial charge in [-0.2, -0.15) is 0 Å². The van der Waals surface area contributed by atoms with Crippen molar-refractivity contribution in [2.24, 2.45) is 5.92 Å². The van der Waals surface area contributed by atoms with E-state index in [0.29, 0.717) is 16.6 Å². The fourth-order valence-electron chi connectivity index (χ4n) is 4.12. The van der Waals surface area contributed by atoms with Crippen molar-refractivity contribution in [1.82, 2.24) is 19.8 Å². The zero-order valence-electron chi connectivity index (χ0n) is 18.2. The topological polar surface area (TPSA) is 50.2 Å². The van der Waals surface area contributed by atoms with Crippen LogP contribution in [0.2, 0.25) is 10.0 Å². The summed E-state index contributed by atoms with van der Waals surface area (Å²) in [5, 5.41) is 4.51. The number of aromatic nitrogens is 2. The van der Waals surface area contributed by atoms with E-state index < -0.39 is 0 Å². The van der Waals surface area contributed by atoms with Gasteiger partial charge < -0.3 is 9.88 Å². The Morgan fingerprint density at radius 3 is 2.31 bits per heavy atom. The number of halogens is 2. The van der Waals surface area contributed by atoms with E-state index in [4.69, 9.17) is 23.2 Å². The molecule has 2 aromatic carbocycles. The van der Waals surface area contributed by atoms with E-state index in [1.165, 1.54) is 5.56 Å².